The number of carbonyl (C=O) groups is 3. The number of hydrogen-bond donors (Lipinski definition) is 2. The van der Waals surface area contributed by atoms with Gasteiger partial charge in [-0.2, -0.15) is 0 Å². The molecule has 23 heavy (non-hydrogen) atoms. The molecule has 0 spiro atoms. The molecule has 2 rings (SSSR count). The largest absolute Gasteiger partial charge is 0.480 e. The number of halogens is 1. The van der Waals surface area contributed by atoms with Gasteiger partial charge in [0.15, 0.2) is 6.04 Å². The maximum absolute atomic E-state index is 12.6. The second-order valence-corrected chi connectivity index (χ2v) is 5.51. The van der Waals surface area contributed by atoms with Crippen molar-refractivity contribution < 1.29 is 23.9 Å². The fourth-order valence-corrected chi connectivity index (χ4v) is 2.59. The van der Waals surface area contributed by atoms with E-state index in [1.165, 1.54) is 0 Å². The molecule has 0 aromatic heterocycles. The van der Waals surface area contributed by atoms with Crippen molar-refractivity contribution in [2.75, 3.05) is 19.8 Å². The summed E-state index contributed by atoms with van der Waals surface area (Å²) in [6, 6.07) is 7.21. The van der Waals surface area contributed by atoms with E-state index in [4.69, 9.17) is 5.11 Å². The summed E-state index contributed by atoms with van der Waals surface area (Å²) in [6.07, 6.45) is 1.19. The van der Waals surface area contributed by atoms with E-state index in [1.54, 1.807) is 29.2 Å². The molecule has 0 radical (unpaired) electrons. The van der Waals surface area contributed by atoms with Crippen LogP contribution in [0.4, 0.5) is 4.39 Å². The quantitative estimate of drug-likeness (QED) is 0.849. The van der Waals surface area contributed by atoms with Crippen molar-refractivity contribution in [3.05, 3.63) is 35.9 Å². The normalized spacial score (nSPS) is 19.0. The van der Waals surface area contributed by atoms with Gasteiger partial charge in [0.25, 0.3) is 5.91 Å². The number of carboxylic acid groups (broad SMARTS) is 1. The van der Waals surface area contributed by atoms with Crippen LogP contribution in [0.1, 0.15) is 23.2 Å². The van der Waals surface area contributed by atoms with Gasteiger partial charge in [-0.05, 0) is 25.0 Å². The van der Waals surface area contributed by atoms with Crippen molar-refractivity contribution in [1.29, 1.82) is 0 Å². The number of hydrogen-bond acceptors (Lipinski definition) is 3. The average molecular weight is 322 g/mol. The van der Waals surface area contributed by atoms with Crippen LogP contribution in [0, 0.1) is 5.92 Å². The highest BCUT2D eigenvalue weighted by molar-refractivity contribution is 5.94. The molecule has 124 valence electrons. The Morgan fingerprint density at radius 3 is 2.61 bits per heavy atom. The highest BCUT2D eigenvalue weighted by Crippen LogP contribution is 2.19. The van der Waals surface area contributed by atoms with Gasteiger partial charge in [0.05, 0.1) is 5.92 Å². The topological polar surface area (TPSA) is 86.7 Å². The molecule has 2 amide bonds. The van der Waals surface area contributed by atoms with Crippen molar-refractivity contribution in [3.63, 3.8) is 0 Å². The van der Waals surface area contributed by atoms with Crippen LogP contribution in [-0.4, -0.2) is 53.6 Å². The first-order valence-electron chi connectivity index (χ1n) is 7.46. The zero-order chi connectivity index (χ0) is 16.8. The summed E-state index contributed by atoms with van der Waals surface area (Å²) in [5.41, 5.74) is 0.542. The maximum atomic E-state index is 12.6. The SMILES string of the molecule is O=C(NC(CF)C(=O)O)C1CCCN(C(=O)c2ccccc2)C1. The zero-order valence-corrected chi connectivity index (χ0v) is 12.6. The van der Waals surface area contributed by atoms with Gasteiger partial charge in [-0.25, -0.2) is 9.18 Å². The number of amides is 2. The Morgan fingerprint density at radius 1 is 1.30 bits per heavy atom. The molecule has 2 atom stereocenters. The van der Waals surface area contributed by atoms with Gasteiger partial charge in [-0.3, -0.25) is 9.59 Å². The third-order valence-corrected chi connectivity index (χ3v) is 3.87. The van der Waals surface area contributed by atoms with E-state index in [0.717, 1.165) is 0 Å². The van der Waals surface area contributed by atoms with E-state index in [2.05, 4.69) is 5.32 Å². The lowest BCUT2D eigenvalue weighted by atomic mass is 9.96. The lowest BCUT2D eigenvalue weighted by molar-refractivity contribution is -0.143. The van der Waals surface area contributed by atoms with Crippen LogP contribution in [0.25, 0.3) is 0 Å². The minimum Gasteiger partial charge on any atom is -0.480 e. The van der Waals surface area contributed by atoms with Gasteiger partial charge in [0, 0.05) is 18.7 Å². The summed E-state index contributed by atoms with van der Waals surface area (Å²) >= 11 is 0. The Morgan fingerprint density at radius 2 is 2.00 bits per heavy atom. The number of aliphatic carboxylic acids is 1. The van der Waals surface area contributed by atoms with Crippen molar-refractivity contribution >= 4 is 17.8 Å². The number of piperidine rings is 1. The molecule has 0 aliphatic carbocycles. The summed E-state index contributed by atoms with van der Waals surface area (Å²) in [4.78, 5) is 36.9. The molecule has 1 saturated heterocycles. The van der Waals surface area contributed by atoms with Gasteiger partial charge >= 0.3 is 5.97 Å². The van der Waals surface area contributed by atoms with Gasteiger partial charge in [-0.1, -0.05) is 18.2 Å². The number of carbonyl (C=O) groups excluding carboxylic acids is 2. The standard InChI is InChI=1S/C16H19FN2O4/c17-9-13(16(22)23)18-14(20)12-7-4-8-19(10-12)15(21)11-5-2-1-3-6-11/h1-3,5-6,12-13H,4,7-10H2,(H,18,20)(H,22,23). The van der Waals surface area contributed by atoms with E-state index in [1.807, 2.05) is 6.07 Å². The first-order chi connectivity index (χ1) is 11.0. The summed E-state index contributed by atoms with van der Waals surface area (Å²) in [6.45, 7) is -0.415. The number of nitrogens with one attached hydrogen (secondary N) is 1. The maximum Gasteiger partial charge on any atom is 0.328 e. The fourth-order valence-electron chi connectivity index (χ4n) is 2.59. The molecule has 1 aromatic carbocycles. The number of nitrogens with zero attached hydrogens (tertiary/aromatic N) is 1. The Balaban J connectivity index is 1.99. The third-order valence-electron chi connectivity index (χ3n) is 3.87. The molecule has 0 bridgehead atoms. The van der Waals surface area contributed by atoms with E-state index < -0.39 is 30.5 Å². The fraction of sp³-hybridized carbons (Fsp3) is 0.438. The summed E-state index contributed by atoms with van der Waals surface area (Å²) < 4.78 is 12.6. The van der Waals surface area contributed by atoms with Gasteiger partial charge in [-0.15, -0.1) is 0 Å². The molecular formula is C16H19FN2O4. The lowest BCUT2D eigenvalue weighted by Gasteiger charge is -2.32. The van der Waals surface area contributed by atoms with E-state index >= 15 is 0 Å². The molecule has 7 heteroatoms. The Hall–Kier alpha value is -2.44. The number of benzene rings is 1. The van der Waals surface area contributed by atoms with E-state index in [0.29, 0.717) is 24.9 Å². The van der Waals surface area contributed by atoms with Crippen LogP contribution in [-0.2, 0) is 9.59 Å². The summed E-state index contributed by atoms with van der Waals surface area (Å²) in [5.74, 6) is -2.62. The number of carboxylic acids is 1. The molecular weight excluding hydrogens is 303 g/mol. The van der Waals surface area contributed by atoms with E-state index in [-0.39, 0.29) is 12.5 Å². The Labute approximate surface area is 133 Å². The molecule has 1 heterocycles. The van der Waals surface area contributed by atoms with Crippen LogP contribution in [0.2, 0.25) is 0 Å². The minimum atomic E-state index is -1.54. The predicted molar refractivity (Wildman–Crippen MR) is 80.6 cm³/mol. The van der Waals surface area contributed by atoms with Crippen LogP contribution < -0.4 is 5.32 Å². The summed E-state index contributed by atoms with van der Waals surface area (Å²) in [5, 5.41) is 11.0. The van der Waals surface area contributed by atoms with Crippen LogP contribution in [0.15, 0.2) is 30.3 Å². The minimum absolute atomic E-state index is 0.164. The Bertz CT molecular complexity index is 579. The first-order valence-corrected chi connectivity index (χ1v) is 7.46. The van der Waals surface area contributed by atoms with E-state index in [9.17, 15) is 18.8 Å². The number of rotatable bonds is 5. The number of alkyl halides is 1. The molecule has 2 unspecified atom stereocenters. The average Bonchev–Trinajstić information content (AvgIpc) is 2.59. The zero-order valence-electron chi connectivity index (χ0n) is 12.6. The molecule has 1 aromatic rings. The molecule has 2 N–H and O–H groups in total. The first kappa shape index (κ1) is 16.9. The highest BCUT2D eigenvalue weighted by Gasteiger charge is 2.31. The van der Waals surface area contributed by atoms with Crippen LogP contribution in [0.3, 0.4) is 0 Å². The van der Waals surface area contributed by atoms with Gasteiger partial charge in [0.1, 0.15) is 6.67 Å². The van der Waals surface area contributed by atoms with Crippen LogP contribution in [0.5, 0.6) is 0 Å². The van der Waals surface area contributed by atoms with Gasteiger partial charge < -0.3 is 15.3 Å². The molecule has 0 saturated carbocycles. The molecule has 1 fully saturated rings. The summed E-state index contributed by atoms with van der Waals surface area (Å²) in [7, 11) is 0. The van der Waals surface area contributed by atoms with Crippen LogP contribution >= 0.6 is 0 Å². The molecule has 6 nitrogen and oxygen atoms in total. The smallest absolute Gasteiger partial charge is 0.328 e. The second-order valence-electron chi connectivity index (χ2n) is 5.51. The van der Waals surface area contributed by atoms with Crippen molar-refractivity contribution in [2.45, 2.75) is 18.9 Å². The highest BCUT2D eigenvalue weighted by atomic mass is 19.1. The van der Waals surface area contributed by atoms with Crippen molar-refractivity contribution in [1.82, 2.24) is 10.2 Å². The van der Waals surface area contributed by atoms with Crippen molar-refractivity contribution in [3.8, 4) is 0 Å². The molecule has 1 aliphatic rings. The predicted octanol–water partition coefficient (Wildman–Crippen LogP) is 1.08. The second kappa shape index (κ2) is 7.71. The number of likely N-dealkylation sites (tertiary alicyclic amines) is 1. The lowest BCUT2D eigenvalue weighted by Crippen LogP contribution is -2.50. The van der Waals surface area contributed by atoms with Crippen molar-refractivity contribution in [2.24, 2.45) is 5.92 Å². The van der Waals surface area contributed by atoms with Gasteiger partial charge in [0.2, 0.25) is 5.91 Å². The monoisotopic (exact) mass is 322 g/mol. The molecule has 1 aliphatic heterocycles. The third kappa shape index (κ3) is 4.28. The Kier molecular flexibility index (Phi) is 5.67.